The van der Waals surface area contributed by atoms with Gasteiger partial charge < -0.3 is 15.0 Å². The molecule has 2 fully saturated rings. The first-order valence-electron chi connectivity index (χ1n) is 9.07. The molecule has 1 heterocycles. The minimum absolute atomic E-state index is 0.0494. The number of nitrogens with zero attached hydrogens (tertiary/aromatic N) is 1. The Bertz CT molecular complexity index is 564. The van der Waals surface area contributed by atoms with Crippen molar-refractivity contribution in [1.29, 1.82) is 0 Å². The van der Waals surface area contributed by atoms with E-state index in [9.17, 15) is 4.79 Å². The van der Waals surface area contributed by atoms with Crippen molar-refractivity contribution < 1.29 is 9.53 Å². The molecule has 1 amide bonds. The molecule has 0 spiro atoms. The van der Waals surface area contributed by atoms with Crippen LogP contribution < -0.4 is 10.1 Å². The second-order valence-electron chi connectivity index (χ2n) is 6.96. The molecule has 1 N–H and O–H groups in total. The molecule has 0 radical (unpaired) electrons. The lowest BCUT2D eigenvalue weighted by atomic mass is 9.96. The van der Waals surface area contributed by atoms with Gasteiger partial charge in [-0.3, -0.25) is 4.79 Å². The van der Waals surface area contributed by atoms with E-state index in [2.05, 4.69) is 5.32 Å². The summed E-state index contributed by atoms with van der Waals surface area (Å²) in [6.07, 6.45) is 6.90. The summed E-state index contributed by atoms with van der Waals surface area (Å²) in [5.41, 5.74) is 0.612. The van der Waals surface area contributed by atoms with Crippen LogP contribution in [0.1, 0.15) is 48.9 Å². The molecule has 1 aliphatic heterocycles. The standard InChI is InChI=1S/C19H27ClN2O2/c1-21-13-14-8-10-22(11-9-14)19(23)17-12-15(20)6-7-18(17)24-16-4-2-3-5-16/h6-7,12,14,16,21H,2-5,8-11,13H2,1H3. The lowest BCUT2D eigenvalue weighted by Crippen LogP contribution is -2.40. The number of carbonyl (C=O) groups excluding carboxylic acids is 1. The highest BCUT2D eigenvalue weighted by molar-refractivity contribution is 6.31. The largest absolute Gasteiger partial charge is 0.490 e. The molecule has 4 nitrogen and oxygen atoms in total. The van der Waals surface area contributed by atoms with Crippen LogP contribution in [-0.2, 0) is 0 Å². The number of ether oxygens (including phenoxy) is 1. The van der Waals surface area contributed by atoms with Crippen molar-refractivity contribution in [3.63, 3.8) is 0 Å². The van der Waals surface area contributed by atoms with Gasteiger partial charge in [0.2, 0.25) is 0 Å². The Hall–Kier alpha value is -1.26. The molecule has 1 saturated heterocycles. The fourth-order valence-corrected chi connectivity index (χ4v) is 3.93. The molecule has 24 heavy (non-hydrogen) atoms. The molecule has 0 atom stereocenters. The topological polar surface area (TPSA) is 41.6 Å². The van der Waals surface area contributed by atoms with E-state index in [1.807, 2.05) is 24.1 Å². The number of halogens is 1. The SMILES string of the molecule is CNCC1CCN(C(=O)c2cc(Cl)ccc2OC2CCCC2)CC1. The summed E-state index contributed by atoms with van der Waals surface area (Å²) in [6.45, 7) is 2.64. The zero-order valence-electron chi connectivity index (χ0n) is 14.4. The summed E-state index contributed by atoms with van der Waals surface area (Å²) in [6, 6.07) is 5.41. The molecule has 0 unspecified atom stereocenters. The van der Waals surface area contributed by atoms with E-state index < -0.39 is 0 Å². The Morgan fingerprint density at radius 2 is 1.96 bits per heavy atom. The highest BCUT2D eigenvalue weighted by atomic mass is 35.5. The molecule has 1 saturated carbocycles. The average Bonchev–Trinajstić information content (AvgIpc) is 3.10. The van der Waals surface area contributed by atoms with Crippen LogP contribution in [0.4, 0.5) is 0 Å². The number of likely N-dealkylation sites (tertiary alicyclic amines) is 1. The number of hydrogen-bond acceptors (Lipinski definition) is 3. The van der Waals surface area contributed by atoms with Gasteiger partial charge in [-0.2, -0.15) is 0 Å². The van der Waals surface area contributed by atoms with Gasteiger partial charge in [0, 0.05) is 18.1 Å². The smallest absolute Gasteiger partial charge is 0.257 e. The molecule has 0 aromatic heterocycles. The quantitative estimate of drug-likeness (QED) is 0.879. The van der Waals surface area contributed by atoms with Gasteiger partial charge in [-0.05, 0) is 76.2 Å². The van der Waals surface area contributed by atoms with Gasteiger partial charge in [-0.15, -0.1) is 0 Å². The highest BCUT2D eigenvalue weighted by Gasteiger charge is 2.26. The number of rotatable bonds is 5. The van der Waals surface area contributed by atoms with Crippen molar-refractivity contribution in [2.75, 3.05) is 26.7 Å². The highest BCUT2D eigenvalue weighted by Crippen LogP contribution is 2.30. The minimum atomic E-state index is 0.0494. The molecule has 2 aliphatic rings. The zero-order valence-corrected chi connectivity index (χ0v) is 15.1. The van der Waals surface area contributed by atoms with Crippen molar-refractivity contribution in [2.45, 2.75) is 44.6 Å². The molecule has 132 valence electrons. The van der Waals surface area contributed by atoms with E-state index in [-0.39, 0.29) is 12.0 Å². The molecular formula is C19H27ClN2O2. The van der Waals surface area contributed by atoms with Gasteiger partial charge in [0.05, 0.1) is 11.7 Å². The number of benzene rings is 1. The Balaban J connectivity index is 1.70. The molecule has 5 heteroatoms. The van der Waals surface area contributed by atoms with Crippen LogP contribution >= 0.6 is 11.6 Å². The number of nitrogens with one attached hydrogen (secondary N) is 1. The van der Waals surface area contributed by atoms with E-state index in [1.54, 1.807) is 6.07 Å². The van der Waals surface area contributed by atoms with Crippen LogP contribution in [0.3, 0.4) is 0 Å². The Kier molecular flexibility index (Phi) is 6.01. The van der Waals surface area contributed by atoms with Crippen molar-refractivity contribution in [2.24, 2.45) is 5.92 Å². The fraction of sp³-hybridized carbons (Fsp3) is 0.632. The summed E-state index contributed by atoms with van der Waals surface area (Å²) in [4.78, 5) is 14.9. The van der Waals surface area contributed by atoms with Crippen molar-refractivity contribution in [3.05, 3.63) is 28.8 Å². The summed E-state index contributed by atoms with van der Waals surface area (Å²) in [7, 11) is 1.98. The summed E-state index contributed by atoms with van der Waals surface area (Å²) in [5, 5.41) is 3.81. The van der Waals surface area contributed by atoms with Gasteiger partial charge in [-0.25, -0.2) is 0 Å². The molecule has 1 aromatic rings. The number of hydrogen-bond donors (Lipinski definition) is 1. The van der Waals surface area contributed by atoms with Gasteiger partial charge in [0.15, 0.2) is 0 Å². The predicted octanol–water partition coefficient (Wildman–Crippen LogP) is 3.73. The first-order chi connectivity index (χ1) is 11.7. The normalized spacial score (nSPS) is 19.7. The van der Waals surface area contributed by atoms with Crippen LogP contribution in [0.2, 0.25) is 5.02 Å². The number of amides is 1. The molecular weight excluding hydrogens is 324 g/mol. The summed E-state index contributed by atoms with van der Waals surface area (Å²) in [5.74, 6) is 1.40. The summed E-state index contributed by atoms with van der Waals surface area (Å²) >= 11 is 6.15. The second kappa shape index (κ2) is 8.21. The zero-order chi connectivity index (χ0) is 16.9. The maximum atomic E-state index is 13.0. The third kappa shape index (κ3) is 4.22. The first kappa shape index (κ1) is 17.6. The van der Waals surface area contributed by atoms with E-state index in [1.165, 1.54) is 12.8 Å². The average molecular weight is 351 g/mol. The Morgan fingerprint density at radius 3 is 2.62 bits per heavy atom. The number of carbonyl (C=O) groups is 1. The van der Waals surface area contributed by atoms with Gasteiger partial charge in [0.1, 0.15) is 5.75 Å². The second-order valence-corrected chi connectivity index (χ2v) is 7.39. The lowest BCUT2D eigenvalue weighted by molar-refractivity contribution is 0.0683. The van der Waals surface area contributed by atoms with E-state index in [4.69, 9.17) is 16.3 Å². The number of piperidine rings is 1. The molecule has 1 aromatic carbocycles. The van der Waals surface area contributed by atoms with Crippen LogP contribution in [0.25, 0.3) is 0 Å². The Morgan fingerprint density at radius 1 is 1.25 bits per heavy atom. The third-order valence-corrected chi connectivity index (χ3v) is 5.40. The monoisotopic (exact) mass is 350 g/mol. The van der Waals surface area contributed by atoms with Crippen molar-refractivity contribution in [3.8, 4) is 5.75 Å². The maximum Gasteiger partial charge on any atom is 0.257 e. The van der Waals surface area contributed by atoms with Gasteiger partial charge >= 0.3 is 0 Å². The lowest BCUT2D eigenvalue weighted by Gasteiger charge is -2.32. The van der Waals surface area contributed by atoms with Crippen LogP contribution in [0.5, 0.6) is 5.75 Å². The first-order valence-corrected chi connectivity index (χ1v) is 9.45. The maximum absolute atomic E-state index is 13.0. The molecule has 1 aliphatic carbocycles. The van der Waals surface area contributed by atoms with E-state index >= 15 is 0 Å². The fourth-order valence-electron chi connectivity index (χ4n) is 3.76. The van der Waals surface area contributed by atoms with Crippen LogP contribution in [-0.4, -0.2) is 43.6 Å². The third-order valence-electron chi connectivity index (χ3n) is 5.16. The van der Waals surface area contributed by atoms with Crippen LogP contribution in [0.15, 0.2) is 18.2 Å². The Labute approximate surface area is 149 Å². The molecule has 3 rings (SSSR count). The van der Waals surface area contributed by atoms with Crippen molar-refractivity contribution in [1.82, 2.24) is 10.2 Å². The molecule has 0 bridgehead atoms. The predicted molar refractivity (Wildman–Crippen MR) is 96.9 cm³/mol. The van der Waals surface area contributed by atoms with Crippen LogP contribution in [0, 0.1) is 5.92 Å². The van der Waals surface area contributed by atoms with E-state index in [0.717, 1.165) is 45.3 Å². The minimum Gasteiger partial charge on any atom is -0.490 e. The van der Waals surface area contributed by atoms with Crippen molar-refractivity contribution >= 4 is 17.5 Å². The van der Waals surface area contributed by atoms with E-state index in [0.29, 0.717) is 22.3 Å². The van der Waals surface area contributed by atoms with Gasteiger partial charge in [-0.1, -0.05) is 11.6 Å². The summed E-state index contributed by atoms with van der Waals surface area (Å²) < 4.78 is 6.12. The van der Waals surface area contributed by atoms with Gasteiger partial charge in [0.25, 0.3) is 5.91 Å².